The minimum absolute atomic E-state index is 0.172. The molecule has 1 aliphatic carbocycles. The molecule has 0 radical (unpaired) electrons. The van der Waals surface area contributed by atoms with Gasteiger partial charge in [-0.2, -0.15) is 0 Å². The van der Waals surface area contributed by atoms with Crippen molar-refractivity contribution in [2.75, 3.05) is 0 Å². The highest BCUT2D eigenvalue weighted by Gasteiger charge is 2.53. The van der Waals surface area contributed by atoms with Crippen molar-refractivity contribution in [1.29, 1.82) is 0 Å². The van der Waals surface area contributed by atoms with Gasteiger partial charge in [0, 0.05) is 5.92 Å². The van der Waals surface area contributed by atoms with Crippen LogP contribution in [-0.2, 0) is 5.60 Å². The number of hydrogen-bond acceptors (Lipinski definition) is 1. The zero-order valence-corrected chi connectivity index (χ0v) is 14.5. The highest BCUT2D eigenvalue weighted by molar-refractivity contribution is 5.35. The summed E-state index contributed by atoms with van der Waals surface area (Å²) >= 11 is 0. The summed E-state index contributed by atoms with van der Waals surface area (Å²) in [5, 5.41) is 11.7. The number of aryl methyl sites for hydroxylation is 1. The van der Waals surface area contributed by atoms with E-state index in [-0.39, 0.29) is 11.3 Å². The monoisotopic (exact) mass is 308 g/mol. The Morgan fingerprint density at radius 3 is 2.13 bits per heavy atom. The van der Waals surface area contributed by atoms with Crippen molar-refractivity contribution in [3.05, 3.63) is 71.3 Å². The van der Waals surface area contributed by atoms with E-state index in [9.17, 15) is 5.11 Å². The Morgan fingerprint density at radius 2 is 1.57 bits per heavy atom. The fourth-order valence-corrected chi connectivity index (χ4v) is 4.38. The summed E-state index contributed by atoms with van der Waals surface area (Å²) in [6.45, 7) is 6.66. The molecule has 1 heteroatoms. The first-order chi connectivity index (χ1) is 11.0. The molecule has 0 bridgehead atoms. The molecule has 1 nitrogen and oxygen atoms in total. The van der Waals surface area contributed by atoms with Crippen LogP contribution in [0.15, 0.2) is 54.6 Å². The van der Waals surface area contributed by atoms with E-state index in [0.717, 1.165) is 31.2 Å². The van der Waals surface area contributed by atoms with Crippen LogP contribution in [0.5, 0.6) is 0 Å². The molecule has 0 heterocycles. The average molecular weight is 308 g/mol. The van der Waals surface area contributed by atoms with E-state index in [2.05, 4.69) is 57.2 Å². The summed E-state index contributed by atoms with van der Waals surface area (Å²) in [5.74, 6) is 0.172. The van der Waals surface area contributed by atoms with Crippen LogP contribution in [0.1, 0.15) is 62.1 Å². The molecule has 3 rings (SSSR count). The molecule has 0 spiro atoms. The van der Waals surface area contributed by atoms with Crippen molar-refractivity contribution >= 4 is 0 Å². The van der Waals surface area contributed by atoms with E-state index in [1.807, 2.05) is 18.2 Å². The minimum Gasteiger partial charge on any atom is -0.385 e. The lowest BCUT2D eigenvalue weighted by atomic mass is 9.78. The van der Waals surface area contributed by atoms with Gasteiger partial charge in [-0.25, -0.2) is 0 Å². The molecule has 2 aromatic carbocycles. The molecule has 1 N–H and O–H groups in total. The minimum atomic E-state index is -0.761. The first-order valence-corrected chi connectivity index (χ1v) is 8.87. The normalized spacial score (nSPS) is 26.3. The lowest BCUT2D eigenvalue weighted by molar-refractivity contribution is 0.0142. The Kier molecular flexibility index (Phi) is 4.33. The molecule has 0 aliphatic heterocycles. The smallest absolute Gasteiger partial charge is 0.0970 e. The van der Waals surface area contributed by atoms with Gasteiger partial charge < -0.3 is 5.11 Å². The average Bonchev–Trinajstić information content (AvgIpc) is 2.91. The molecule has 2 aromatic rings. The Morgan fingerprint density at radius 1 is 0.957 bits per heavy atom. The fraction of sp³-hybridized carbons (Fsp3) is 0.455. The summed E-state index contributed by atoms with van der Waals surface area (Å²) in [6, 6.07) is 19.0. The quantitative estimate of drug-likeness (QED) is 0.783. The molecule has 1 aliphatic rings. The van der Waals surface area contributed by atoms with Crippen LogP contribution in [0.4, 0.5) is 0 Å². The Balaban J connectivity index is 2.08. The molecule has 23 heavy (non-hydrogen) atoms. The molecular weight excluding hydrogens is 280 g/mol. The molecular formula is C22H28O. The third-order valence-corrected chi connectivity index (χ3v) is 6.11. The highest BCUT2D eigenvalue weighted by Crippen LogP contribution is 2.59. The van der Waals surface area contributed by atoms with Crippen LogP contribution in [0.2, 0.25) is 0 Å². The molecule has 0 aromatic heterocycles. The van der Waals surface area contributed by atoms with Gasteiger partial charge in [-0.1, -0.05) is 86.8 Å². The predicted octanol–water partition coefficient (Wildman–Crippen LogP) is 5.57. The van der Waals surface area contributed by atoms with Crippen LogP contribution in [0.3, 0.4) is 0 Å². The number of benzene rings is 2. The Hall–Kier alpha value is -1.60. The van der Waals surface area contributed by atoms with Crippen molar-refractivity contribution in [3.63, 3.8) is 0 Å². The highest BCUT2D eigenvalue weighted by atomic mass is 16.3. The van der Waals surface area contributed by atoms with E-state index in [1.165, 1.54) is 11.1 Å². The second-order valence-electron chi connectivity index (χ2n) is 7.34. The molecule has 1 saturated carbocycles. The second-order valence-corrected chi connectivity index (χ2v) is 7.34. The maximum Gasteiger partial charge on any atom is 0.0970 e. The standard InChI is InChI=1S/C22H28O/c1-4-21(5-2)15-20(18-13-11-17(3)12-14-18)22(23,16-21)19-9-7-6-8-10-19/h6-14,20,23H,4-5,15-16H2,1-3H3/t20-,22-/m0/s1. The summed E-state index contributed by atoms with van der Waals surface area (Å²) in [6.07, 6.45) is 4.17. The third kappa shape index (κ3) is 2.83. The molecule has 0 saturated heterocycles. The van der Waals surface area contributed by atoms with Crippen LogP contribution in [-0.4, -0.2) is 5.11 Å². The lowest BCUT2D eigenvalue weighted by Crippen LogP contribution is -2.29. The van der Waals surface area contributed by atoms with Gasteiger partial charge in [0.1, 0.15) is 0 Å². The predicted molar refractivity (Wildman–Crippen MR) is 96.5 cm³/mol. The van der Waals surface area contributed by atoms with Crippen LogP contribution >= 0.6 is 0 Å². The van der Waals surface area contributed by atoms with E-state index in [4.69, 9.17) is 0 Å². The van der Waals surface area contributed by atoms with Crippen molar-refractivity contribution < 1.29 is 5.11 Å². The maximum atomic E-state index is 11.7. The van der Waals surface area contributed by atoms with E-state index in [1.54, 1.807) is 0 Å². The van der Waals surface area contributed by atoms with Crippen LogP contribution in [0.25, 0.3) is 0 Å². The summed E-state index contributed by atoms with van der Waals surface area (Å²) < 4.78 is 0. The summed E-state index contributed by atoms with van der Waals surface area (Å²) in [5.41, 5.74) is 3.08. The van der Waals surface area contributed by atoms with E-state index >= 15 is 0 Å². The largest absolute Gasteiger partial charge is 0.385 e. The zero-order valence-electron chi connectivity index (χ0n) is 14.5. The molecule has 2 atom stereocenters. The summed E-state index contributed by atoms with van der Waals surface area (Å²) in [7, 11) is 0. The van der Waals surface area contributed by atoms with Gasteiger partial charge in [-0.05, 0) is 36.3 Å². The molecule has 0 amide bonds. The van der Waals surface area contributed by atoms with Gasteiger partial charge in [0.25, 0.3) is 0 Å². The fourth-order valence-electron chi connectivity index (χ4n) is 4.38. The van der Waals surface area contributed by atoms with Gasteiger partial charge in [0.15, 0.2) is 0 Å². The summed E-state index contributed by atoms with van der Waals surface area (Å²) in [4.78, 5) is 0. The van der Waals surface area contributed by atoms with Gasteiger partial charge >= 0.3 is 0 Å². The van der Waals surface area contributed by atoms with Crippen molar-refractivity contribution in [1.82, 2.24) is 0 Å². The van der Waals surface area contributed by atoms with Crippen molar-refractivity contribution in [3.8, 4) is 0 Å². The van der Waals surface area contributed by atoms with Crippen LogP contribution in [0, 0.1) is 12.3 Å². The Labute approximate surface area is 140 Å². The lowest BCUT2D eigenvalue weighted by Gasteiger charge is -2.32. The third-order valence-electron chi connectivity index (χ3n) is 6.11. The first-order valence-electron chi connectivity index (χ1n) is 8.87. The zero-order chi connectivity index (χ0) is 16.5. The molecule has 1 fully saturated rings. The number of aliphatic hydroxyl groups is 1. The SMILES string of the molecule is CCC1(CC)C[C@@H](c2ccc(C)cc2)[C@@](O)(c2ccccc2)C1. The Bertz CT molecular complexity index is 639. The number of hydrogen-bond donors (Lipinski definition) is 1. The van der Waals surface area contributed by atoms with Crippen LogP contribution < -0.4 is 0 Å². The van der Waals surface area contributed by atoms with Gasteiger partial charge in [0.05, 0.1) is 5.60 Å². The van der Waals surface area contributed by atoms with Crippen molar-refractivity contribution in [2.24, 2.45) is 5.41 Å². The van der Waals surface area contributed by atoms with Crippen molar-refractivity contribution in [2.45, 2.75) is 58.0 Å². The van der Waals surface area contributed by atoms with Gasteiger partial charge in [0.2, 0.25) is 0 Å². The number of rotatable bonds is 4. The molecule has 122 valence electrons. The maximum absolute atomic E-state index is 11.7. The van der Waals surface area contributed by atoms with E-state index < -0.39 is 5.60 Å². The second kappa shape index (κ2) is 6.13. The van der Waals surface area contributed by atoms with Gasteiger partial charge in [-0.15, -0.1) is 0 Å². The first kappa shape index (κ1) is 16.3. The van der Waals surface area contributed by atoms with E-state index in [0.29, 0.717) is 0 Å². The molecule has 0 unspecified atom stereocenters. The topological polar surface area (TPSA) is 20.2 Å². The van der Waals surface area contributed by atoms with Gasteiger partial charge in [-0.3, -0.25) is 0 Å².